The van der Waals surface area contributed by atoms with E-state index in [0.717, 1.165) is 13.1 Å². The summed E-state index contributed by atoms with van der Waals surface area (Å²) in [7, 11) is 0. The molecule has 3 heteroatoms. The monoisotopic (exact) mass is 210 g/mol. The third-order valence-corrected chi connectivity index (χ3v) is 3.03. The molecular weight excluding hydrogens is 188 g/mol. The molecule has 0 amide bonds. The number of likely N-dealkylation sites (N-methyl/N-ethyl adjacent to an activating group) is 1. The average molecular weight is 210 g/mol. The van der Waals surface area contributed by atoms with Crippen LogP contribution < -0.4 is 0 Å². The highest BCUT2D eigenvalue weighted by Gasteiger charge is 2.43. The summed E-state index contributed by atoms with van der Waals surface area (Å²) >= 11 is 0. The van der Waals surface area contributed by atoms with E-state index in [1.165, 1.54) is 12.8 Å². The summed E-state index contributed by atoms with van der Waals surface area (Å²) in [5, 5.41) is 18.5. The summed E-state index contributed by atoms with van der Waals surface area (Å²) in [5.41, 5.74) is -0.394. The van der Waals surface area contributed by atoms with Crippen LogP contribution in [0.15, 0.2) is 0 Å². The quantitative estimate of drug-likeness (QED) is 0.727. The third-order valence-electron chi connectivity index (χ3n) is 3.03. The van der Waals surface area contributed by atoms with Gasteiger partial charge in [-0.25, -0.2) is 0 Å². The third kappa shape index (κ3) is 4.19. The van der Waals surface area contributed by atoms with Gasteiger partial charge in [-0.3, -0.25) is 0 Å². The zero-order valence-electron chi connectivity index (χ0n) is 10.1. The zero-order valence-corrected chi connectivity index (χ0v) is 10.1. The van der Waals surface area contributed by atoms with Crippen LogP contribution in [0.25, 0.3) is 0 Å². The molecule has 0 aliphatic heterocycles. The number of nitriles is 1. The molecule has 1 rings (SSSR count). The minimum atomic E-state index is -0.640. The van der Waals surface area contributed by atoms with Crippen molar-refractivity contribution in [3.05, 3.63) is 0 Å². The van der Waals surface area contributed by atoms with Crippen molar-refractivity contribution in [2.24, 2.45) is 5.41 Å². The van der Waals surface area contributed by atoms with Gasteiger partial charge in [0.25, 0.3) is 0 Å². The van der Waals surface area contributed by atoms with Gasteiger partial charge in [-0.15, -0.1) is 0 Å². The van der Waals surface area contributed by atoms with Crippen molar-refractivity contribution in [1.29, 1.82) is 5.26 Å². The van der Waals surface area contributed by atoms with E-state index in [2.05, 4.69) is 17.9 Å². The Kier molecular flexibility index (Phi) is 3.75. The Balaban J connectivity index is 2.44. The lowest BCUT2D eigenvalue weighted by atomic mass is 10.0. The van der Waals surface area contributed by atoms with Gasteiger partial charge in [0.05, 0.1) is 11.7 Å². The highest BCUT2D eigenvalue weighted by atomic mass is 16.3. The molecule has 15 heavy (non-hydrogen) atoms. The molecule has 0 saturated heterocycles. The smallest absolute Gasteiger partial charge is 0.0718 e. The van der Waals surface area contributed by atoms with E-state index in [9.17, 15) is 5.11 Å². The van der Waals surface area contributed by atoms with Crippen molar-refractivity contribution in [3.8, 4) is 6.07 Å². The maximum absolute atomic E-state index is 9.76. The first kappa shape index (κ1) is 12.5. The topological polar surface area (TPSA) is 47.3 Å². The molecule has 0 unspecified atom stereocenters. The second-order valence-corrected chi connectivity index (χ2v) is 5.45. The largest absolute Gasteiger partial charge is 0.389 e. The van der Waals surface area contributed by atoms with Crippen molar-refractivity contribution in [1.82, 2.24) is 4.90 Å². The molecule has 0 aromatic heterocycles. The Bertz CT molecular complexity index is 245. The fourth-order valence-corrected chi connectivity index (χ4v) is 2.04. The standard InChI is InChI=1S/C12H22N2O/c1-4-14(9-11(2,3)15)10-12(5-6-12)7-8-13/h15H,4-7,9-10H2,1-3H3. The molecule has 1 aliphatic carbocycles. The second-order valence-electron chi connectivity index (χ2n) is 5.45. The number of hydrogen-bond acceptors (Lipinski definition) is 3. The number of aliphatic hydroxyl groups is 1. The SMILES string of the molecule is CCN(CC(C)(C)O)CC1(CC#N)CC1. The average Bonchev–Trinajstić information content (AvgIpc) is 2.82. The van der Waals surface area contributed by atoms with E-state index in [-0.39, 0.29) is 5.41 Å². The van der Waals surface area contributed by atoms with Crippen molar-refractivity contribution in [2.75, 3.05) is 19.6 Å². The molecular formula is C12H22N2O. The summed E-state index contributed by atoms with van der Waals surface area (Å²) in [4.78, 5) is 2.25. The van der Waals surface area contributed by atoms with E-state index in [4.69, 9.17) is 5.26 Å². The fraction of sp³-hybridized carbons (Fsp3) is 0.917. The lowest BCUT2D eigenvalue weighted by Gasteiger charge is -2.30. The Morgan fingerprint density at radius 1 is 1.47 bits per heavy atom. The maximum atomic E-state index is 9.76. The van der Waals surface area contributed by atoms with E-state index in [0.29, 0.717) is 13.0 Å². The first-order valence-corrected chi connectivity index (χ1v) is 5.72. The predicted molar refractivity (Wildman–Crippen MR) is 60.3 cm³/mol. The van der Waals surface area contributed by atoms with Crippen molar-refractivity contribution in [2.45, 2.75) is 45.6 Å². The van der Waals surface area contributed by atoms with Crippen molar-refractivity contribution < 1.29 is 5.11 Å². The molecule has 1 aliphatic rings. The van der Waals surface area contributed by atoms with Gasteiger partial charge >= 0.3 is 0 Å². The highest BCUT2D eigenvalue weighted by Crippen LogP contribution is 2.49. The zero-order chi connectivity index (χ0) is 11.5. The van der Waals surface area contributed by atoms with Crippen LogP contribution in [0.4, 0.5) is 0 Å². The molecule has 1 N–H and O–H groups in total. The van der Waals surface area contributed by atoms with E-state index in [1.807, 2.05) is 13.8 Å². The van der Waals surface area contributed by atoms with E-state index in [1.54, 1.807) is 0 Å². The van der Waals surface area contributed by atoms with E-state index < -0.39 is 5.60 Å². The maximum Gasteiger partial charge on any atom is 0.0718 e. The summed E-state index contributed by atoms with van der Waals surface area (Å²) < 4.78 is 0. The molecule has 3 nitrogen and oxygen atoms in total. The molecule has 0 bridgehead atoms. The Morgan fingerprint density at radius 2 is 2.07 bits per heavy atom. The highest BCUT2D eigenvalue weighted by molar-refractivity contribution is 5.01. The summed E-state index contributed by atoms with van der Waals surface area (Å²) in [6.45, 7) is 8.36. The minimum Gasteiger partial charge on any atom is -0.389 e. The molecule has 0 heterocycles. The molecule has 1 fully saturated rings. The minimum absolute atomic E-state index is 0.246. The van der Waals surface area contributed by atoms with Gasteiger partial charge in [-0.2, -0.15) is 5.26 Å². The summed E-state index contributed by atoms with van der Waals surface area (Å²) in [6.07, 6.45) is 3.00. The van der Waals surface area contributed by atoms with Gasteiger partial charge in [-0.05, 0) is 38.6 Å². The molecule has 1 saturated carbocycles. The van der Waals surface area contributed by atoms with Gasteiger partial charge in [0.1, 0.15) is 0 Å². The van der Waals surface area contributed by atoms with Crippen molar-refractivity contribution in [3.63, 3.8) is 0 Å². The number of rotatable bonds is 6. The van der Waals surface area contributed by atoms with Crippen LogP contribution in [0.5, 0.6) is 0 Å². The van der Waals surface area contributed by atoms with E-state index >= 15 is 0 Å². The summed E-state index contributed by atoms with van der Waals surface area (Å²) in [6, 6.07) is 2.27. The first-order valence-electron chi connectivity index (χ1n) is 5.72. The van der Waals surface area contributed by atoms with Gasteiger partial charge in [0, 0.05) is 19.5 Å². The van der Waals surface area contributed by atoms with Gasteiger partial charge in [0.2, 0.25) is 0 Å². The fourth-order valence-electron chi connectivity index (χ4n) is 2.04. The number of hydrogen-bond donors (Lipinski definition) is 1. The molecule has 0 radical (unpaired) electrons. The molecule has 0 atom stereocenters. The molecule has 0 aromatic carbocycles. The predicted octanol–water partition coefficient (Wildman–Crippen LogP) is 1.77. The second kappa shape index (κ2) is 4.51. The lowest BCUT2D eigenvalue weighted by molar-refractivity contribution is 0.0315. The Morgan fingerprint density at radius 3 is 2.40 bits per heavy atom. The van der Waals surface area contributed by atoms with Crippen LogP contribution in [-0.4, -0.2) is 35.2 Å². The van der Waals surface area contributed by atoms with Crippen LogP contribution in [-0.2, 0) is 0 Å². The first-order chi connectivity index (χ1) is 6.91. The van der Waals surface area contributed by atoms with Crippen molar-refractivity contribution >= 4 is 0 Å². The van der Waals surface area contributed by atoms with Gasteiger partial charge < -0.3 is 10.0 Å². The molecule has 86 valence electrons. The van der Waals surface area contributed by atoms with Crippen LogP contribution in [0.1, 0.15) is 40.0 Å². The Hall–Kier alpha value is -0.590. The normalized spacial score (nSPS) is 18.9. The van der Waals surface area contributed by atoms with Crippen LogP contribution in [0.3, 0.4) is 0 Å². The molecule has 0 aromatic rings. The lowest BCUT2D eigenvalue weighted by Crippen LogP contribution is -2.41. The molecule has 0 spiro atoms. The van der Waals surface area contributed by atoms with Gasteiger partial charge in [-0.1, -0.05) is 6.92 Å². The van der Waals surface area contributed by atoms with Crippen LogP contribution >= 0.6 is 0 Å². The van der Waals surface area contributed by atoms with Gasteiger partial charge in [0.15, 0.2) is 0 Å². The van der Waals surface area contributed by atoms with Crippen LogP contribution in [0.2, 0.25) is 0 Å². The van der Waals surface area contributed by atoms with Crippen LogP contribution in [0, 0.1) is 16.7 Å². The number of nitrogens with zero attached hydrogens (tertiary/aromatic N) is 2. The summed E-state index contributed by atoms with van der Waals surface area (Å²) in [5.74, 6) is 0. The Labute approximate surface area is 92.7 Å².